The van der Waals surface area contributed by atoms with Gasteiger partial charge < -0.3 is 20.1 Å². The molecule has 2 N–H and O–H groups in total. The molecule has 0 heterocycles. The monoisotopic (exact) mass is 395 g/mol. The summed E-state index contributed by atoms with van der Waals surface area (Å²) in [6.45, 7) is 4.66. The Labute approximate surface area is 165 Å². The minimum absolute atomic E-state index is 0.0105. The summed E-state index contributed by atoms with van der Waals surface area (Å²) < 4.78 is 23.2. The highest BCUT2D eigenvalue weighted by atomic mass is 32.2. The first-order chi connectivity index (χ1) is 13.0. The number of hydrogen-bond donors (Lipinski definition) is 2. The predicted molar refractivity (Wildman–Crippen MR) is 112 cm³/mol. The number of guanidine groups is 1. The molecular formula is C20H33N3O3S. The van der Waals surface area contributed by atoms with Crippen molar-refractivity contribution in [1.29, 1.82) is 0 Å². The topological polar surface area (TPSA) is 72.0 Å². The first kappa shape index (κ1) is 21.5. The van der Waals surface area contributed by atoms with Crippen molar-refractivity contribution in [3.8, 4) is 11.5 Å². The molecule has 1 saturated carbocycles. The molecular weight excluding hydrogens is 362 g/mol. The second kappa shape index (κ2) is 11.2. The van der Waals surface area contributed by atoms with Crippen molar-refractivity contribution in [2.24, 2.45) is 4.99 Å². The fraction of sp³-hybridized carbons (Fsp3) is 0.650. The second-order valence-corrected chi connectivity index (χ2v) is 8.86. The quantitative estimate of drug-likeness (QED) is 0.523. The third-order valence-corrected chi connectivity index (χ3v) is 6.54. The highest BCUT2D eigenvalue weighted by Gasteiger charge is 2.26. The third-order valence-electron chi connectivity index (χ3n) is 4.80. The Morgan fingerprint density at radius 1 is 1.30 bits per heavy atom. The lowest BCUT2D eigenvalue weighted by Crippen LogP contribution is -2.48. The highest BCUT2D eigenvalue weighted by molar-refractivity contribution is 7.85. The van der Waals surface area contributed by atoms with Gasteiger partial charge in [-0.05, 0) is 50.5 Å². The first-order valence-corrected chi connectivity index (χ1v) is 11.1. The normalized spacial score (nSPS) is 22.6. The van der Waals surface area contributed by atoms with Crippen LogP contribution < -0.4 is 20.1 Å². The molecule has 27 heavy (non-hydrogen) atoms. The minimum Gasteiger partial charge on any atom is -0.497 e. The van der Waals surface area contributed by atoms with Crippen molar-refractivity contribution < 1.29 is 13.7 Å². The number of aliphatic imine (C=N–C) groups is 1. The smallest absolute Gasteiger partial charge is 0.191 e. The Morgan fingerprint density at radius 3 is 2.63 bits per heavy atom. The van der Waals surface area contributed by atoms with Crippen LogP contribution in [0.4, 0.5) is 0 Å². The maximum atomic E-state index is 12.1. The fourth-order valence-corrected chi connectivity index (χ4v) is 4.66. The molecule has 1 aromatic rings. The zero-order valence-corrected chi connectivity index (χ0v) is 17.7. The Hall–Kier alpha value is -1.76. The largest absolute Gasteiger partial charge is 0.497 e. The van der Waals surface area contributed by atoms with Crippen molar-refractivity contribution in [3.63, 3.8) is 0 Å². The van der Waals surface area contributed by atoms with E-state index in [1.165, 1.54) is 0 Å². The Morgan fingerprint density at radius 2 is 2.00 bits per heavy atom. The van der Waals surface area contributed by atoms with Crippen LogP contribution in [0.25, 0.3) is 0 Å². The molecule has 0 radical (unpaired) electrons. The standard InChI is InChI=1S/C20H33N3O3S/c1-5-27(24)19-8-6-7-16(13-19)23-20(21-3)22-14-15(2)26-18-11-9-17(25-4)10-12-18/h9-12,15-16,19H,5-8,13-14H2,1-4H3,(H2,21,22,23). The minimum atomic E-state index is -0.716. The first-order valence-electron chi connectivity index (χ1n) is 9.70. The fourth-order valence-electron chi connectivity index (χ4n) is 3.31. The molecule has 0 spiro atoms. The highest BCUT2D eigenvalue weighted by Crippen LogP contribution is 2.23. The van der Waals surface area contributed by atoms with Gasteiger partial charge >= 0.3 is 0 Å². The number of hydrogen-bond acceptors (Lipinski definition) is 4. The molecule has 152 valence electrons. The number of nitrogens with one attached hydrogen (secondary N) is 2. The van der Waals surface area contributed by atoms with E-state index in [-0.39, 0.29) is 6.10 Å². The lowest BCUT2D eigenvalue weighted by molar-refractivity contribution is 0.223. The van der Waals surface area contributed by atoms with Gasteiger partial charge in [-0.1, -0.05) is 13.3 Å². The number of benzene rings is 1. The molecule has 1 aliphatic carbocycles. The molecule has 0 aliphatic heterocycles. The summed E-state index contributed by atoms with van der Waals surface area (Å²) >= 11 is 0. The molecule has 4 atom stereocenters. The zero-order valence-electron chi connectivity index (χ0n) is 16.9. The number of nitrogens with zero attached hydrogens (tertiary/aromatic N) is 1. The van der Waals surface area contributed by atoms with Gasteiger partial charge in [0.15, 0.2) is 5.96 Å². The van der Waals surface area contributed by atoms with Gasteiger partial charge in [0.05, 0.1) is 13.7 Å². The van der Waals surface area contributed by atoms with E-state index in [0.717, 1.165) is 48.9 Å². The van der Waals surface area contributed by atoms with Crippen LogP contribution in [0.5, 0.6) is 11.5 Å². The molecule has 1 aliphatic rings. The SMILES string of the molecule is CCS(=O)C1CCCC(NC(=NC)NCC(C)Oc2ccc(OC)cc2)C1. The summed E-state index contributed by atoms with van der Waals surface area (Å²) in [6, 6.07) is 7.89. The predicted octanol–water partition coefficient (Wildman–Crippen LogP) is 2.71. The van der Waals surface area contributed by atoms with E-state index >= 15 is 0 Å². The zero-order chi connectivity index (χ0) is 19.6. The van der Waals surface area contributed by atoms with Gasteiger partial charge in [-0.2, -0.15) is 0 Å². The average Bonchev–Trinajstić information content (AvgIpc) is 2.71. The summed E-state index contributed by atoms with van der Waals surface area (Å²) in [4.78, 5) is 4.32. The van der Waals surface area contributed by atoms with Gasteiger partial charge in [0.2, 0.25) is 0 Å². The van der Waals surface area contributed by atoms with E-state index < -0.39 is 10.8 Å². The summed E-state index contributed by atoms with van der Waals surface area (Å²) in [7, 11) is 2.70. The van der Waals surface area contributed by atoms with Crippen LogP contribution >= 0.6 is 0 Å². The molecule has 6 nitrogen and oxygen atoms in total. The third kappa shape index (κ3) is 7.05. The van der Waals surface area contributed by atoms with Gasteiger partial charge in [0.1, 0.15) is 17.6 Å². The van der Waals surface area contributed by atoms with Gasteiger partial charge in [0.25, 0.3) is 0 Å². The van der Waals surface area contributed by atoms with Crippen molar-refractivity contribution in [1.82, 2.24) is 10.6 Å². The van der Waals surface area contributed by atoms with Crippen molar-refractivity contribution in [2.75, 3.05) is 26.5 Å². The van der Waals surface area contributed by atoms with Crippen LogP contribution in [0, 0.1) is 0 Å². The van der Waals surface area contributed by atoms with Crippen LogP contribution in [0.3, 0.4) is 0 Å². The second-order valence-electron chi connectivity index (χ2n) is 6.86. The molecule has 1 fully saturated rings. The molecule has 1 aromatic carbocycles. The maximum Gasteiger partial charge on any atom is 0.191 e. The van der Waals surface area contributed by atoms with E-state index in [4.69, 9.17) is 9.47 Å². The van der Waals surface area contributed by atoms with E-state index in [9.17, 15) is 4.21 Å². The van der Waals surface area contributed by atoms with Crippen molar-refractivity contribution in [2.45, 2.75) is 56.9 Å². The van der Waals surface area contributed by atoms with Gasteiger partial charge in [-0.15, -0.1) is 0 Å². The molecule has 0 aromatic heterocycles. The van der Waals surface area contributed by atoms with Crippen LogP contribution in [-0.2, 0) is 10.8 Å². The lowest BCUT2D eigenvalue weighted by atomic mass is 9.95. The van der Waals surface area contributed by atoms with Crippen LogP contribution in [0.2, 0.25) is 0 Å². The van der Waals surface area contributed by atoms with Gasteiger partial charge in [-0.25, -0.2) is 0 Å². The Balaban J connectivity index is 1.78. The van der Waals surface area contributed by atoms with Crippen LogP contribution in [0.1, 0.15) is 39.5 Å². The van der Waals surface area contributed by atoms with E-state index in [1.807, 2.05) is 38.1 Å². The van der Waals surface area contributed by atoms with Gasteiger partial charge in [0, 0.05) is 34.9 Å². The molecule has 2 rings (SSSR count). The molecule has 0 amide bonds. The number of methoxy groups -OCH3 is 1. The lowest BCUT2D eigenvalue weighted by Gasteiger charge is -2.30. The molecule has 0 bridgehead atoms. The van der Waals surface area contributed by atoms with Crippen LogP contribution in [0.15, 0.2) is 29.3 Å². The van der Waals surface area contributed by atoms with Crippen molar-refractivity contribution >= 4 is 16.8 Å². The van der Waals surface area contributed by atoms with E-state index in [0.29, 0.717) is 17.8 Å². The number of rotatable bonds is 8. The summed E-state index contributed by atoms with van der Waals surface area (Å²) in [5.74, 6) is 3.13. The van der Waals surface area contributed by atoms with Crippen LogP contribution in [-0.4, -0.2) is 54.0 Å². The Bertz CT molecular complexity index is 621. The molecule has 0 saturated heterocycles. The number of ether oxygens (including phenoxy) is 2. The van der Waals surface area contributed by atoms with E-state index in [2.05, 4.69) is 15.6 Å². The summed E-state index contributed by atoms with van der Waals surface area (Å²) in [5.41, 5.74) is 0. The summed E-state index contributed by atoms with van der Waals surface area (Å²) in [5, 5.41) is 7.11. The van der Waals surface area contributed by atoms with E-state index in [1.54, 1.807) is 14.2 Å². The molecule has 7 heteroatoms. The maximum absolute atomic E-state index is 12.1. The van der Waals surface area contributed by atoms with Gasteiger partial charge in [-0.3, -0.25) is 9.20 Å². The average molecular weight is 396 g/mol. The molecule has 4 unspecified atom stereocenters. The van der Waals surface area contributed by atoms with Crippen molar-refractivity contribution in [3.05, 3.63) is 24.3 Å². The Kier molecular flexibility index (Phi) is 8.91. The summed E-state index contributed by atoms with van der Waals surface area (Å²) in [6.07, 6.45) is 4.21.